The fourth-order valence-corrected chi connectivity index (χ4v) is 4.85. The zero-order valence-electron chi connectivity index (χ0n) is 15.7. The first-order valence-corrected chi connectivity index (χ1v) is 10.8. The molecular formula is C20H23NO6S. The van der Waals surface area contributed by atoms with E-state index < -0.39 is 10.0 Å². The molecule has 0 amide bonds. The molecule has 150 valence electrons. The van der Waals surface area contributed by atoms with Crippen LogP contribution in [0.4, 0.5) is 0 Å². The van der Waals surface area contributed by atoms with Gasteiger partial charge in [-0.15, -0.1) is 0 Å². The molecule has 8 heteroatoms. The number of sulfonamides is 1. The van der Waals surface area contributed by atoms with E-state index in [-0.39, 0.29) is 17.5 Å². The van der Waals surface area contributed by atoms with Crippen LogP contribution in [0.15, 0.2) is 47.4 Å². The summed E-state index contributed by atoms with van der Waals surface area (Å²) in [6.07, 6.45) is 0.307. The molecule has 0 N–H and O–H groups in total. The number of nitrogens with zero attached hydrogens (tertiary/aromatic N) is 1. The van der Waals surface area contributed by atoms with Gasteiger partial charge in [-0.1, -0.05) is 19.1 Å². The van der Waals surface area contributed by atoms with Gasteiger partial charge in [0.25, 0.3) is 0 Å². The molecule has 4 rings (SSSR count). The second-order valence-electron chi connectivity index (χ2n) is 6.67. The van der Waals surface area contributed by atoms with Crippen molar-refractivity contribution in [2.75, 3.05) is 32.9 Å². The van der Waals surface area contributed by atoms with Crippen molar-refractivity contribution in [2.45, 2.75) is 24.3 Å². The van der Waals surface area contributed by atoms with Crippen molar-refractivity contribution < 1.29 is 27.4 Å². The minimum absolute atomic E-state index is 0.183. The maximum absolute atomic E-state index is 13.3. The average molecular weight is 405 g/mol. The van der Waals surface area contributed by atoms with Crippen molar-refractivity contribution in [2.24, 2.45) is 0 Å². The van der Waals surface area contributed by atoms with E-state index in [1.807, 2.05) is 31.2 Å². The van der Waals surface area contributed by atoms with Crippen LogP contribution in [0.5, 0.6) is 23.0 Å². The summed E-state index contributed by atoms with van der Waals surface area (Å²) in [5, 5.41) is 0. The maximum Gasteiger partial charge on any atom is 0.243 e. The molecule has 2 aliphatic heterocycles. The molecule has 2 aliphatic rings. The summed E-state index contributed by atoms with van der Waals surface area (Å²) in [6, 6.07) is 12.1. The molecule has 28 heavy (non-hydrogen) atoms. The molecule has 0 fully saturated rings. The van der Waals surface area contributed by atoms with Gasteiger partial charge in [-0.2, -0.15) is 4.31 Å². The van der Waals surface area contributed by atoms with E-state index >= 15 is 0 Å². The fraction of sp³-hybridized carbons (Fsp3) is 0.400. The number of ether oxygens (including phenoxy) is 4. The molecule has 0 radical (unpaired) electrons. The van der Waals surface area contributed by atoms with Gasteiger partial charge in [-0.05, 0) is 30.7 Å². The van der Waals surface area contributed by atoms with E-state index in [0.29, 0.717) is 55.8 Å². The van der Waals surface area contributed by atoms with Crippen LogP contribution in [0.1, 0.15) is 13.3 Å². The van der Waals surface area contributed by atoms with E-state index in [9.17, 15) is 8.42 Å². The molecule has 0 saturated carbocycles. The van der Waals surface area contributed by atoms with Gasteiger partial charge in [0.1, 0.15) is 25.9 Å². The molecule has 7 nitrogen and oxygen atoms in total. The van der Waals surface area contributed by atoms with Crippen molar-refractivity contribution in [1.82, 2.24) is 4.31 Å². The van der Waals surface area contributed by atoms with E-state index in [0.717, 1.165) is 0 Å². The van der Waals surface area contributed by atoms with Crippen LogP contribution in [0, 0.1) is 0 Å². The number of hydrogen-bond acceptors (Lipinski definition) is 6. The van der Waals surface area contributed by atoms with Crippen molar-refractivity contribution in [1.29, 1.82) is 0 Å². The van der Waals surface area contributed by atoms with Crippen LogP contribution in [0.25, 0.3) is 0 Å². The molecule has 2 aromatic rings. The molecule has 0 aromatic heterocycles. The first kappa shape index (κ1) is 18.9. The summed E-state index contributed by atoms with van der Waals surface area (Å²) in [5.41, 5.74) is 0. The molecule has 2 aromatic carbocycles. The van der Waals surface area contributed by atoms with Gasteiger partial charge in [0.15, 0.2) is 23.0 Å². The minimum atomic E-state index is -3.71. The van der Waals surface area contributed by atoms with Crippen LogP contribution in [-0.2, 0) is 10.0 Å². The summed E-state index contributed by atoms with van der Waals surface area (Å²) in [5.74, 6) is 2.32. The summed E-state index contributed by atoms with van der Waals surface area (Å²) in [4.78, 5) is 0.183. The highest BCUT2D eigenvalue weighted by Gasteiger charge is 2.31. The van der Waals surface area contributed by atoms with Crippen LogP contribution >= 0.6 is 0 Å². The van der Waals surface area contributed by atoms with E-state index in [1.54, 1.807) is 12.1 Å². The molecule has 1 unspecified atom stereocenters. The summed E-state index contributed by atoms with van der Waals surface area (Å²) < 4.78 is 50.7. The Bertz CT molecular complexity index is 945. The zero-order valence-corrected chi connectivity index (χ0v) is 16.5. The first-order valence-electron chi connectivity index (χ1n) is 9.36. The lowest BCUT2D eigenvalue weighted by Gasteiger charge is -2.31. The van der Waals surface area contributed by atoms with Gasteiger partial charge in [0.2, 0.25) is 10.0 Å². The molecular weight excluding hydrogens is 382 g/mol. The lowest BCUT2D eigenvalue weighted by molar-refractivity contribution is 0.0764. The Morgan fingerprint density at radius 3 is 2.46 bits per heavy atom. The quantitative estimate of drug-likeness (QED) is 0.736. The monoisotopic (exact) mass is 405 g/mol. The first-order chi connectivity index (χ1) is 13.6. The molecule has 2 heterocycles. The SMILES string of the molecule is CCCN(CC1COc2ccccc2O1)S(=O)(=O)c1ccc2c(c1)OCCO2. The topological polar surface area (TPSA) is 74.3 Å². The van der Waals surface area contributed by atoms with Crippen LogP contribution in [0.3, 0.4) is 0 Å². The predicted molar refractivity (Wildman–Crippen MR) is 103 cm³/mol. The predicted octanol–water partition coefficient (Wildman–Crippen LogP) is 2.70. The van der Waals surface area contributed by atoms with E-state index in [2.05, 4.69) is 0 Å². The Balaban J connectivity index is 1.55. The Hall–Kier alpha value is -2.45. The Morgan fingerprint density at radius 1 is 0.964 bits per heavy atom. The molecule has 0 spiro atoms. The minimum Gasteiger partial charge on any atom is -0.486 e. The highest BCUT2D eigenvalue weighted by atomic mass is 32.2. The van der Waals surface area contributed by atoms with Crippen molar-refractivity contribution in [3.8, 4) is 23.0 Å². The van der Waals surface area contributed by atoms with Gasteiger partial charge < -0.3 is 18.9 Å². The Labute approximate surface area is 164 Å². The molecule has 0 aliphatic carbocycles. The maximum atomic E-state index is 13.3. The van der Waals surface area contributed by atoms with Gasteiger partial charge in [0.05, 0.1) is 11.4 Å². The third kappa shape index (κ3) is 3.74. The van der Waals surface area contributed by atoms with Gasteiger partial charge in [-0.3, -0.25) is 0 Å². The standard InChI is InChI=1S/C20H23NO6S/c1-2-9-21(13-15-14-26-17-5-3-4-6-19(17)27-15)28(22,23)16-7-8-18-20(12-16)25-11-10-24-18/h3-8,12,15H,2,9-11,13-14H2,1H3. The van der Waals surface area contributed by atoms with Crippen molar-refractivity contribution in [3.05, 3.63) is 42.5 Å². The second-order valence-corrected chi connectivity index (χ2v) is 8.60. The van der Waals surface area contributed by atoms with Gasteiger partial charge in [-0.25, -0.2) is 8.42 Å². The van der Waals surface area contributed by atoms with Crippen LogP contribution < -0.4 is 18.9 Å². The number of fused-ring (bicyclic) bond motifs is 2. The number of hydrogen-bond donors (Lipinski definition) is 0. The summed E-state index contributed by atoms with van der Waals surface area (Å²) in [7, 11) is -3.71. The van der Waals surface area contributed by atoms with Gasteiger partial charge in [0, 0.05) is 12.6 Å². The number of benzene rings is 2. The highest BCUT2D eigenvalue weighted by Crippen LogP contribution is 2.34. The van der Waals surface area contributed by atoms with Crippen LogP contribution in [0.2, 0.25) is 0 Å². The fourth-order valence-electron chi connectivity index (χ4n) is 3.27. The van der Waals surface area contributed by atoms with E-state index in [4.69, 9.17) is 18.9 Å². The molecule has 0 saturated heterocycles. The molecule has 0 bridgehead atoms. The normalized spacial score (nSPS) is 18.1. The smallest absolute Gasteiger partial charge is 0.243 e. The summed E-state index contributed by atoms with van der Waals surface area (Å²) >= 11 is 0. The summed E-state index contributed by atoms with van der Waals surface area (Å²) in [6.45, 7) is 3.70. The largest absolute Gasteiger partial charge is 0.486 e. The third-order valence-corrected chi connectivity index (χ3v) is 6.46. The van der Waals surface area contributed by atoms with E-state index in [1.165, 1.54) is 10.4 Å². The van der Waals surface area contributed by atoms with Crippen LogP contribution in [-0.4, -0.2) is 51.7 Å². The Morgan fingerprint density at radius 2 is 1.68 bits per heavy atom. The average Bonchev–Trinajstić information content (AvgIpc) is 2.73. The zero-order chi connectivity index (χ0) is 19.6. The third-order valence-electron chi connectivity index (χ3n) is 4.60. The van der Waals surface area contributed by atoms with Gasteiger partial charge >= 0.3 is 0 Å². The van der Waals surface area contributed by atoms with Crippen molar-refractivity contribution >= 4 is 10.0 Å². The lowest BCUT2D eigenvalue weighted by Crippen LogP contribution is -2.44. The number of rotatable bonds is 6. The van der Waals surface area contributed by atoms with Crippen molar-refractivity contribution in [3.63, 3.8) is 0 Å². The molecule has 1 atom stereocenters. The lowest BCUT2D eigenvalue weighted by atomic mass is 10.2. The Kier molecular flexibility index (Phi) is 5.32. The number of para-hydroxylation sites is 2. The highest BCUT2D eigenvalue weighted by molar-refractivity contribution is 7.89. The second kappa shape index (κ2) is 7.89.